The van der Waals surface area contributed by atoms with Crippen LogP contribution in [0.3, 0.4) is 0 Å². The zero-order chi connectivity index (χ0) is 50.1. The quantitative estimate of drug-likeness (QED) is 0.0137. The average molecular weight is 966 g/mol. The second-order valence-corrected chi connectivity index (χ2v) is 16.7. The van der Waals surface area contributed by atoms with Gasteiger partial charge in [0, 0.05) is 86.0 Å². The van der Waals surface area contributed by atoms with E-state index in [-0.39, 0.29) is 69.5 Å². The summed E-state index contributed by atoms with van der Waals surface area (Å²) in [5, 5.41) is 87.9. The normalized spacial score (nSPS) is 26.0. The van der Waals surface area contributed by atoms with Crippen molar-refractivity contribution in [2.75, 3.05) is 59.5 Å². The standard InChI is InChI=1S/C42H75N7O18/c1-26-35(58)36(59)38(67-41-39(47-28(3)52)42(61,64-4)40(60)30(66-41)17-24-50)37(65-26)29(53)25-43-18-7-5-11-22-48(62)33(56)15-13-31(54)45-20-8-6-12-23-49(63)34(57)16-14-32(55)46-21-10-9-19-44-27(2)51/h26,30,35-41,43,50,58-63H,5-25H2,1-4H3,(H,44,51)(H,45,54)(H,46,55)(H,47,52)/t26?,30?,35?,36-,37?,38+,39?,40-,41+,42-/m1/s1. The number of amides is 6. The third kappa shape index (κ3) is 20.6. The summed E-state index contributed by atoms with van der Waals surface area (Å²) in [5.41, 5.74) is 0. The van der Waals surface area contributed by atoms with E-state index in [0.717, 1.165) is 14.0 Å². The molecular weight excluding hydrogens is 890 g/mol. The van der Waals surface area contributed by atoms with Crippen LogP contribution in [0.25, 0.3) is 0 Å². The number of hydrogen-bond donors (Lipinski definition) is 12. The Morgan fingerprint density at radius 2 is 1.21 bits per heavy atom. The van der Waals surface area contributed by atoms with E-state index in [1.807, 2.05) is 0 Å². The monoisotopic (exact) mass is 966 g/mol. The van der Waals surface area contributed by atoms with Gasteiger partial charge in [-0.2, -0.15) is 0 Å². The van der Waals surface area contributed by atoms with Gasteiger partial charge in [0.1, 0.15) is 36.6 Å². The van der Waals surface area contributed by atoms with E-state index in [1.54, 1.807) is 0 Å². The van der Waals surface area contributed by atoms with Gasteiger partial charge in [0.2, 0.25) is 41.2 Å². The van der Waals surface area contributed by atoms with Crippen molar-refractivity contribution in [1.82, 2.24) is 36.7 Å². The fourth-order valence-electron chi connectivity index (χ4n) is 7.34. The minimum Gasteiger partial charge on any atom is -0.396 e. The fraction of sp³-hybridized carbons (Fsp3) is 0.833. The zero-order valence-electron chi connectivity index (χ0n) is 39.1. The van der Waals surface area contributed by atoms with Crippen LogP contribution in [0, 0.1) is 0 Å². The lowest BCUT2D eigenvalue weighted by Gasteiger charge is -2.51. The molecule has 2 fully saturated rings. The van der Waals surface area contributed by atoms with Crippen molar-refractivity contribution < 1.29 is 88.5 Å². The van der Waals surface area contributed by atoms with Crippen molar-refractivity contribution in [3.8, 4) is 0 Å². The van der Waals surface area contributed by atoms with Gasteiger partial charge in [-0.1, -0.05) is 6.42 Å². The second kappa shape index (κ2) is 31.2. The second-order valence-electron chi connectivity index (χ2n) is 16.7. The van der Waals surface area contributed by atoms with Crippen LogP contribution in [0.4, 0.5) is 0 Å². The van der Waals surface area contributed by atoms with Crippen LogP contribution in [0.1, 0.15) is 104 Å². The molecule has 0 aliphatic carbocycles. The Morgan fingerprint density at radius 3 is 1.72 bits per heavy atom. The highest BCUT2D eigenvalue weighted by Crippen LogP contribution is 2.35. The van der Waals surface area contributed by atoms with Gasteiger partial charge in [-0.15, -0.1) is 0 Å². The lowest BCUT2D eigenvalue weighted by molar-refractivity contribution is -0.377. The van der Waals surface area contributed by atoms with E-state index in [9.17, 15) is 69.5 Å². The number of aliphatic hydroxyl groups excluding tert-OH is 4. The van der Waals surface area contributed by atoms with Crippen LogP contribution in [0.2, 0.25) is 0 Å². The van der Waals surface area contributed by atoms with Gasteiger partial charge in [0.15, 0.2) is 12.1 Å². The Labute approximate surface area is 390 Å². The molecule has 10 atom stereocenters. The molecule has 2 saturated heterocycles. The largest absolute Gasteiger partial charge is 0.396 e. The molecule has 0 spiro atoms. The Bertz CT molecular complexity index is 1570. The third-order valence-corrected chi connectivity index (χ3v) is 11.2. The lowest BCUT2D eigenvalue weighted by Crippen LogP contribution is -2.73. The Kier molecular flexibility index (Phi) is 27.5. The molecule has 386 valence electrons. The molecule has 67 heavy (non-hydrogen) atoms. The number of carbonyl (C=O) groups excluding carboxylic acids is 7. The predicted octanol–water partition coefficient (Wildman–Crippen LogP) is -3.17. The first-order chi connectivity index (χ1) is 31.8. The number of ether oxygens (including phenoxy) is 4. The molecule has 0 bridgehead atoms. The molecule has 0 aromatic heterocycles. The maximum Gasteiger partial charge on any atom is 0.246 e. The van der Waals surface area contributed by atoms with E-state index < -0.39 is 91.0 Å². The van der Waals surface area contributed by atoms with Crippen molar-refractivity contribution in [1.29, 1.82) is 0 Å². The highest BCUT2D eigenvalue weighted by Gasteiger charge is 2.59. The van der Waals surface area contributed by atoms with Gasteiger partial charge in [-0.3, -0.25) is 44.0 Å². The topological polar surface area (TPSA) is 365 Å². The summed E-state index contributed by atoms with van der Waals surface area (Å²) < 4.78 is 22.7. The van der Waals surface area contributed by atoms with Crippen molar-refractivity contribution >= 4 is 41.2 Å². The maximum atomic E-state index is 13.4. The van der Waals surface area contributed by atoms with Crippen LogP contribution < -0.4 is 26.6 Å². The zero-order valence-corrected chi connectivity index (χ0v) is 39.1. The first-order valence-corrected chi connectivity index (χ1v) is 22.9. The highest BCUT2D eigenvalue weighted by molar-refractivity contribution is 5.86. The fourth-order valence-corrected chi connectivity index (χ4v) is 7.34. The van der Waals surface area contributed by atoms with Crippen molar-refractivity contribution in [3.05, 3.63) is 0 Å². The van der Waals surface area contributed by atoms with E-state index in [4.69, 9.17) is 18.9 Å². The van der Waals surface area contributed by atoms with E-state index in [1.165, 1.54) is 13.8 Å². The summed E-state index contributed by atoms with van der Waals surface area (Å²) in [6.45, 7) is 4.88. The first-order valence-electron chi connectivity index (χ1n) is 22.9. The molecule has 25 heteroatoms. The maximum absolute atomic E-state index is 13.4. The van der Waals surface area contributed by atoms with Gasteiger partial charge >= 0.3 is 0 Å². The molecule has 12 N–H and O–H groups in total. The summed E-state index contributed by atoms with van der Waals surface area (Å²) in [6, 6.07) is -1.60. The number of Topliss-reactive ketones (excluding diaryl/α,β-unsaturated/α-hetero) is 1. The number of hydroxylamine groups is 4. The summed E-state index contributed by atoms with van der Waals surface area (Å²) in [4.78, 5) is 85.0. The van der Waals surface area contributed by atoms with Crippen LogP contribution in [-0.4, -0.2) is 208 Å². The number of nitrogens with one attached hydrogen (secondary N) is 5. The average Bonchev–Trinajstić information content (AvgIpc) is 3.29. The van der Waals surface area contributed by atoms with Gasteiger partial charge < -0.3 is 71.1 Å². The van der Waals surface area contributed by atoms with E-state index >= 15 is 0 Å². The lowest BCUT2D eigenvalue weighted by atomic mass is 9.89. The number of rotatable bonds is 32. The minimum atomic E-state index is -2.50. The number of unbranched alkanes of at least 4 members (excludes halogenated alkanes) is 5. The molecule has 25 nitrogen and oxygen atoms in total. The number of carbonyl (C=O) groups is 7. The summed E-state index contributed by atoms with van der Waals surface area (Å²) >= 11 is 0. The Balaban J connectivity index is 1.65. The number of aliphatic hydroxyl groups is 5. The molecule has 0 saturated carbocycles. The van der Waals surface area contributed by atoms with Gasteiger partial charge in [0.05, 0.1) is 18.8 Å². The SMILES string of the molecule is CO[C@]1(O)C(NC(C)=O)[C@H](O[C@@H]2C(C(=O)CNCCCCCN(O)C(=O)CCC(=O)NCCCCCN(O)C(=O)CCC(=O)NCCCCNC(C)=O)OC(C)C(O)[C@H]2O)OC(CCO)[C@H]1O. The highest BCUT2D eigenvalue weighted by atomic mass is 16.7. The van der Waals surface area contributed by atoms with Crippen LogP contribution in [0.15, 0.2) is 0 Å². The summed E-state index contributed by atoms with van der Waals surface area (Å²) in [6.07, 6.45) is -8.33. The van der Waals surface area contributed by atoms with Crippen molar-refractivity contribution in [2.45, 2.75) is 165 Å². The molecule has 2 heterocycles. The molecule has 5 unspecified atom stereocenters. The molecule has 2 rings (SSSR count). The predicted molar refractivity (Wildman–Crippen MR) is 232 cm³/mol. The molecule has 0 aromatic rings. The molecule has 0 aromatic carbocycles. The first kappa shape index (κ1) is 59.1. The van der Waals surface area contributed by atoms with Crippen molar-refractivity contribution in [2.24, 2.45) is 0 Å². The van der Waals surface area contributed by atoms with Crippen molar-refractivity contribution in [3.63, 3.8) is 0 Å². The molecular formula is C42H75N7O18. The number of methoxy groups -OCH3 is 1. The molecule has 2 aliphatic rings. The van der Waals surface area contributed by atoms with E-state index in [0.29, 0.717) is 87.7 Å². The molecule has 6 amide bonds. The van der Waals surface area contributed by atoms with Gasteiger partial charge in [-0.25, -0.2) is 10.1 Å². The van der Waals surface area contributed by atoms with Gasteiger partial charge in [-0.05, 0) is 64.8 Å². The minimum absolute atomic E-state index is 0.00320. The Hall–Kier alpha value is -3.99. The van der Waals surface area contributed by atoms with Gasteiger partial charge in [0.25, 0.3) is 0 Å². The number of hydrogen-bond acceptors (Lipinski definition) is 19. The number of nitrogens with zero attached hydrogens (tertiary/aromatic N) is 2. The molecule has 2 aliphatic heterocycles. The van der Waals surface area contributed by atoms with Crippen LogP contribution in [0.5, 0.6) is 0 Å². The smallest absolute Gasteiger partial charge is 0.246 e. The van der Waals surface area contributed by atoms with E-state index in [2.05, 4.69) is 26.6 Å². The molecule has 0 radical (unpaired) electrons. The Morgan fingerprint density at radius 1 is 0.687 bits per heavy atom. The third-order valence-electron chi connectivity index (χ3n) is 11.2. The van der Waals surface area contributed by atoms with Crippen LogP contribution in [-0.2, 0) is 52.5 Å². The summed E-state index contributed by atoms with van der Waals surface area (Å²) in [7, 11) is 1.07. The van der Waals surface area contributed by atoms with Crippen LogP contribution >= 0.6 is 0 Å². The number of ketones is 1. The summed E-state index contributed by atoms with van der Waals surface area (Å²) in [5.74, 6) is -5.79.